The van der Waals surface area contributed by atoms with Crippen molar-refractivity contribution in [2.75, 3.05) is 18.0 Å². The molecule has 4 rings (SSSR count). The molecule has 0 spiro atoms. The summed E-state index contributed by atoms with van der Waals surface area (Å²) in [6.07, 6.45) is 7.83. The number of nitrogens with one attached hydrogen (secondary N) is 1. The number of aromatic nitrogens is 5. The molecule has 9 heteroatoms. The Kier molecular flexibility index (Phi) is 4.87. The first-order valence-corrected chi connectivity index (χ1v) is 9.46. The molecule has 3 aromatic heterocycles. The molecule has 0 aliphatic carbocycles. The second kappa shape index (κ2) is 7.50. The first-order chi connectivity index (χ1) is 13.9. The average molecular weight is 393 g/mol. The molecule has 4 heterocycles. The molecule has 29 heavy (non-hydrogen) atoms. The summed E-state index contributed by atoms with van der Waals surface area (Å²) in [6.45, 7) is 3.09. The monoisotopic (exact) mass is 393 g/mol. The molecule has 150 valence electrons. The van der Waals surface area contributed by atoms with Gasteiger partial charge in [-0.3, -0.25) is 14.3 Å². The summed E-state index contributed by atoms with van der Waals surface area (Å²) in [6, 6.07) is 3.55. The SMILES string of the molecule is Cc1ccn(C)c(=O)c1C(=O)NC1CCN(c2nccc(-c3cnn(C)c3)n2)C1. The smallest absolute Gasteiger partial charge is 0.263 e. The van der Waals surface area contributed by atoms with Crippen LogP contribution in [0.15, 0.2) is 41.7 Å². The summed E-state index contributed by atoms with van der Waals surface area (Å²) in [5, 5.41) is 7.17. The number of pyridine rings is 1. The third-order valence-corrected chi connectivity index (χ3v) is 5.15. The number of carbonyl (C=O) groups excluding carboxylic acids is 1. The lowest BCUT2D eigenvalue weighted by atomic mass is 10.1. The van der Waals surface area contributed by atoms with Gasteiger partial charge >= 0.3 is 0 Å². The zero-order chi connectivity index (χ0) is 20.5. The molecule has 1 saturated heterocycles. The van der Waals surface area contributed by atoms with E-state index in [1.165, 1.54) is 4.57 Å². The molecule has 0 aromatic carbocycles. The van der Waals surface area contributed by atoms with E-state index in [0.717, 1.165) is 24.2 Å². The minimum atomic E-state index is -0.333. The van der Waals surface area contributed by atoms with E-state index in [9.17, 15) is 9.59 Å². The number of hydrogen-bond donors (Lipinski definition) is 1. The second-order valence-corrected chi connectivity index (χ2v) is 7.34. The Morgan fingerprint density at radius 1 is 1.28 bits per heavy atom. The van der Waals surface area contributed by atoms with Gasteiger partial charge in [0.2, 0.25) is 5.95 Å². The standard InChI is InChI=1S/C20H23N7O2/c1-13-5-8-25(2)19(29)17(13)18(28)23-15-6-9-27(12-15)20-21-7-4-16(24-20)14-10-22-26(3)11-14/h4-5,7-8,10-11,15H,6,9,12H2,1-3H3,(H,23,28). The van der Waals surface area contributed by atoms with Crippen LogP contribution in [-0.4, -0.2) is 49.4 Å². The zero-order valence-electron chi connectivity index (χ0n) is 16.7. The predicted octanol–water partition coefficient (Wildman–Crippen LogP) is 0.893. The van der Waals surface area contributed by atoms with Gasteiger partial charge in [0.15, 0.2) is 0 Å². The number of rotatable bonds is 4. The van der Waals surface area contributed by atoms with E-state index in [4.69, 9.17) is 0 Å². The normalized spacial score (nSPS) is 16.2. The van der Waals surface area contributed by atoms with Crippen molar-refractivity contribution in [2.45, 2.75) is 19.4 Å². The van der Waals surface area contributed by atoms with Crippen LogP contribution in [0.25, 0.3) is 11.3 Å². The predicted molar refractivity (Wildman–Crippen MR) is 109 cm³/mol. The van der Waals surface area contributed by atoms with Gasteiger partial charge in [0.1, 0.15) is 5.56 Å². The van der Waals surface area contributed by atoms with Crippen LogP contribution >= 0.6 is 0 Å². The molecule has 1 fully saturated rings. The van der Waals surface area contributed by atoms with Crippen molar-refractivity contribution in [3.05, 3.63) is 58.4 Å². The van der Waals surface area contributed by atoms with Crippen LogP contribution < -0.4 is 15.8 Å². The van der Waals surface area contributed by atoms with E-state index in [2.05, 4.69) is 20.4 Å². The minimum absolute atomic E-state index is 0.0718. The van der Waals surface area contributed by atoms with E-state index in [1.54, 1.807) is 43.3 Å². The van der Waals surface area contributed by atoms with Gasteiger partial charge in [-0.15, -0.1) is 0 Å². The van der Waals surface area contributed by atoms with Gasteiger partial charge in [0.05, 0.1) is 11.9 Å². The molecule has 1 N–H and O–H groups in total. The van der Waals surface area contributed by atoms with Crippen molar-refractivity contribution in [2.24, 2.45) is 14.1 Å². The van der Waals surface area contributed by atoms with Crippen molar-refractivity contribution in [1.82, 2.24) is 29.6 Å². The second-order valence-electron chi connectivity index (χ2n) is 7.34. The fourth-order valence-corrected chi connectivity index (χ4v) is 3.53. The summed E-state index contributed by atoms with van der Waals surface area (Å²) >= 11 is 0. The third-order valence-electron chi connectivity index (χ3n) is 5.15. The highest BCUT2D eigenvalue weighted by molar-refractivity contribution is 5.95. The Balaban J connectivity index is 1.47. The van der Waals surface area contributed by atoms with Crippen molar-refractivity contribution < 1.29 is 4.79 Å². The average Bonchev–Trinajstić information content (AvgIpc) is 3.34. The van der Waals surface area contributed by atoms with E-state index in [1.807, 2.05) is 24.2 Å². The van der Waals surface area contributed by atoms with Crippen LogP contribution in [-0.2, 0) is 14.1 Å². The van der Waals surface area contributed by atoms with Crippen molar-refractivity contribution in [3.63, 3.8) is 0 Å². The number of carbonyl (C=O) groups is 1. The summed E-state index contributed by atoms with van der Waals surface area (Å²) < 4.78 is 3.15. The molecule has 1 aliphatic rings. The number of aryl methyl sites for hydroxylation is 3. The van der Waals surface area contributed by atoms with Crippen LogP contribution in [0.1, 0.15) is 22.3 Å². The summed E-state index contributed by atoms with van der Waals surface area (Å²) in [4.78, 5) is 36.1. The Bertz CT molecular complexity index is 1120. The first-order valence-electron chi connectivity index (χ1n) is 9.46. The van der Waals surface area contributed by atoms with E-state index < -0.39 is 0 Å². The summed E-state index contributed by atoms with van der Waals surface area (Å²) in [5.74, 6) is 0.287. The van der Waals surface area contributed by atoms with Gasteiger partial charge in [0.25, 0.3) is 11.5 Å². The lowest BCUT2D eigenvalue weighted by Crippen LogP contribution is -2.40. The fourth-order valence-electron chi connectivity index (χ4n) is 3.53. The first kappa shape index (κ1) is 18.9. The lowest BCUT2D eigenvalue weighted by Gasteiger charge is -2.17. The number of nitrogens with zero attached hydrogens (tertiary/aromatic N) is 6. The number of amides is 1. The Morgan fingerprint density at radius 3 is 2.86 bits per heavy atom. The molecule has 9 nitrogen and oxygen atoms in total. The maximum atomic E-state index is 12.7. The number of anilines is 1. The van der Waals surface area contributed by atoms with Crippen molar-refractivity contribution >= 4 is 11.9 Å². The Morgan fingerprint density at radius 2 is 2.10 bits per heavy atom. The molecule has 0 saturated carbocycles. The minimum Gasteiger partial charge on any atom is -0.347 e. The van der Waals surface area contributed by atoms with Gasteiger partial charge in [-0.25, -0.2) is 9.97 Å². The highest BCUT2D eigenvalue weighted by Crippen LogP contribution is 2.21. The largest absolute Gasteiger partial charge is 0.347 e. The molecular formula is C20H23N7O2. The lowest BCUT2D eigenvalue weighted by molar-refractivity contribution is 0.0937. The van der Waals surface area contributed by atoms with E-state index in [-0.39, 0.29) is 23.1 Å². The molecular weight excluding hydrogens is 370 g/mol. The maximum Gasteiger partial charge on any atom is 0.263 e. The van der Waals surface area contributed by atoms with Crippen molar-refractivity contribution in [3.8, 4) is 11.3 Å². The Hall–Kier alpha value is -3.49. The molecule has 3 aromatic rings. The van der Waals surface area contributed by atoms with Gasteiger partial charge in [-0.05, 0) is 31.0 Å². The van der Waals surface area contributed by atoms with Crippen LogP contribution in [0.5, 0.6) is 0 Å². The third kappa shape index (κ3) is 3.75. The van der Waals surface area contributed by atoms with E-state index >= 15 is 0 Å². The van der Waals surface area contributed by atoms with Crippen LogP contribution in [0, 0.1) is 6.92 Å². The maximum absolute atomic E-state index is 12.7. The quantitative estimate of drug-likeness (QED) is 0.707. The topological polar surface area (TPSA) is 97.9 Å². The van der Waals surface area contributed by atoms with Crippen LogP contribution in [0.4, 0.5) is 5.95 Å². The number of hydrogen-bond acceptors (Lipinski definition) is 6. The van der Waals surface area contributed by atoms with E-state index in [0.29, 0.717) is 18.1 Å². The molecule has 1 amide bonds. The van der Waals surface area contributed by atoms with Gasteiger partial charge < -0.3 is 14.8 Å². The molecule has 1 aliphatic heterocycles. The van der Waals surface area contributed by atoms with Gasteiger partial charge in [0, 0.05) is 57.4 Å². The molecule has 0 bridgehead atoms. The highest BCUT2D eigenvalue weighted by Gasteiger charge is 2.27. The molecule has 0 radical (unpaired) electrons. The summed E-state index contributed by atoms with van der Waals surface area (Å²) in [7, 11) is 3.50. The highest BCUT2D eigenvalue weighted by atomic mass is 16.2. The van der Waals surface area contributed by atoms with Gasteiger partial charge in [-0.1, -0.05) is 0 Å². The van der Waals surface area contributed by atoms with Gasteiger partial charge in [-0.2, -0.15) is 5.10 Å². The fraction of sp³-hybridized carbons (Fsp3) is 0.350. The van der Waals surface area contributed by atoms with Crippen LogP contribution in [0.3, 0.4) is 0 Å². The molecule has 1 unspecified atom stereocenters. The Labute approximate surface area is 168 Å². The van der Waals surface area contributed by atoms with Crippen molar-refractivity contribution in [1.29, 1.82) is 0 Å². The van der Waals surface area contributed by atoms with Crippen LogP contribution in [0.2, 0.25) is 0 Å². The summed E-state index contributed by atoms with van der Waals surface area (Å²) in [5.41, 5.74) is 2.32. The zero-order valence-corrected chi connectivity index (χ0v) is 16.7. The molecule has 1 atom stereocenters.